The van der Waals surface area contributed by atoms with E-state index >= 15 is 0 Å². The van der Waals surface area contributed by atoms with Crippen LogP contribution in [0.5, 0.6) is 0 Å². The first kappa shape index (κ1) is 23.6. The van der Waals surface area contributed by atoms with Crippen LogP contribution >= 0.6 is 12.4 Å². The lowest BCUT2D eigenvalue weighted by atomic mass is 9.90. The quantitative estimate of drug-likeness (QED) is 0.660. The minimum Gasteiger partial charge on any atom is -0.346 e. The number of halogens is 1. The Morgan fingerprint density at radius 3 is 2.20 bits per heavy atom. The molecule has 1 aliphatic rings. The third-order valence-electron chi connectivity index (χ3n) is 5.13. The minimum absolute atomic E-state index is 0. The molecule has 1 atom stereocenters. The monoisotopic (exact) mass is 429 g/mol. The highest BCUT2D eigenvalue weighted by Crippen LogP contribution is 2.24. The second-order valence-corrected chi connectivity index (χ2v) is 8.26. The summed E-state index contributed by atoms with van der Waals surface area (Å²) in [6.45, 7) is 6.57. The van der Waals surface area contributed by atoms with Crippen LogP contribution in [0.15, 0.2) is 48.5 Å². The number of nitrogens with two attached hydrogens (primary N) is 1. The summed E-state index contributed by atoms with van der Waals surface area (Å²) in [5, 5.41) is 3.03. The van der Waals surface area contributed by atoms with Crippen LogP contribution in [0, 0.1) is 5.92 Å². The maximum Gasteiger partial charge on any atom is 0.261 e. The first-order chi connectivity index (χ1) is 13.7. The van der Waals surface area contributed by atoms with Gasteiger partial charge in [-0.2, -0.15) is 0 Å². The van der Waals surface area contributed by atoms with Crippen LogP contribution in [0.25, 0.3) is 0 Å². The highest BCUT2D eigenvalue weighted by Gasteiger charge is 2.35. The molecule has 3 N–H and O–H groups in total. The van der Waals surface area contributed by atoms with E-state index in [0.717, 1.165) is 6.42 Å². The number of imide groups is 1. The molecule has 2 aromatic carbocycles. The van der Waals surface area contributed by atoms with Crippen molar-refractivity contribution in [3.05, 3.63) is 70.8 Å². The Morgan fingerprint density at radius 1 is 1.07 bits per heavy atom. The number of carbonyl (C=O) groups excluding carboxylic acids is 3. The number of fused-ring (bicyclic) bond motifs is 1. The Kier molecular flexibility index (Phi) is 7.39. The Bertz CT molecular complexity index is 925. The maximum atomic E-state index is 12.8. The molecule has 0 fully saturated rings. The Labute approximate surface area is 183 Å². The molecule has 1 aliphatic heterocycles. The predicted molar refractivity (Wildman–Crippen MR) is 119 cm³/mol. The van der Waals surface area contributed by atoms with Gasteiger partial charge in [0.05, 0.1) is 17.7 Å². The summed E-state index contributed by atoms with van der Waals surface area (Å²) in [5.74, 6) is -0.451. The second kappa shape index (κ2) is 9.41. The van der Waals surface area contributed by atoms with Gasteiger partial charge in [-0.3, -0.25) is 19.3 Å². The van der Waals surface area contributed by atoms with Crippen molar-refractivity contribution >= 4 is 30.1 Å². The molecule has 30 heavy (non-hydrogen) atoms. The van der Waals surface area contributed by atoms with Gasteiger partial charge in [-0.15, -0.1) is 12.4 Å². The van der Waals surface area contributed by atoms with Crippen molar-refractivity contribution in [3.8, 4) is 0 Å². The number of carbonyl (C=O) groups is 3. The zero-order chi connectivity index (χ0) is 21.2. The normalized spacial score (nSPS) is 14.9. The topological polar surface area (TPSA) is 92.5 Å². The zero-order valence-electron chi connectivity index (χ0n) is 17.5. The fourth-order valence-electron chi connectivity index (χ4n) is 3.81. The number of hydrogen-bond donors (Lipinski definition) is 2. The summed E-state index contributed by atoms with van der Waals surface area (Å²) in [7, 11) is 0. The number of rotatable bonds is 7. The van der Waals surface area contributed by atoms with Crippen molar-refractivity contribution in [1.82, 2.24) is 10.2 Å². The summed E-state index contributed by atoms with van der Waals surface area (Å²) in [4.78, 5) is 39.1. The van der Waals surface area contributed by atoms with Gasteiger partial charge < -0.3 is 11.1 Å². The van der Waals surface area contributed by atoms with Crippen molar-refractivity contribution in [2.24, 2.45) is 11.7 Å². The summed E-state index contributed by atoms with van der Waals surface area (Å²) in [6.07, 6.45) is 0.768. The fourth-order valence-corrected chi connectivity index (χ4v) is 3.81. The van der Waals surface area contributed by atoms with E-state index in [1.807, 2.05) is 6.92 Å². The van der Waals surface area contributed by atoms with Crippen LogP contribution < -0.4 is 11.1 Å². The van der Waals surface area contributed by atoms with Crippen molar-refractivity contribution in [3.63, 3.8) is 0 Å². The van der Waals surface area contributed by atoms with E-state index in [0.29, 0.717) is 34.7 Å². The van der Waals surface area contributed by atoms with Gasteiger partial charge >= 0.3 is 0 Å². The van der Waals surface area contributed by atoms with Gasteiger partial charge in [-0.25, -0.2) is 0 Å². The van der Waals surface area contributed by atoms with Crippen molar-refractivity contribution in [2.75, 3.05) is 6.54 Å². The van der Waals surface area contributed by atoms with Crippen molar-refractivity contribution in [2.45, 2.75) is 39.3 Å². The molecule has 0 spiro atoms. The lowest BCUT2D eigenvalue weighted by Gasteiger charge is -2.31. The summed E-state index contributed by atoms with van der Waals surface area (Å²) in [6, 6.07) is 13.8. The van der Waals surface area contributed by atoms with Gasteiger partial charge in [0.25, 0.3) is 17.7 Å². The van der Waals surface area contributed by atoms with Gasteiger partial charge in [0, 0.05) is 17.6 Å². The molecule has 0 bridgehead atoms. The van der Waals surface area contributed by atoms with Crippen molar-refractivity contribution in [1.29, 1.82) is 0 Å². The average molecular weight is 430 g/mol. The van der Waals surface area contributed by atoms with E-state index in [9.17, 15) is 14.4 Å². The first-order valence-corrected chi connectivity index (χ1v) is 9.81. The largest absolute Gasteiger partial charge is 0.346 e. The highest BCUT2D eigenvalue weighted by molar-refractivity contribution is 6.21. The number of nitrogens with one attached hydrogen (secondary N) is 1. The molecule has 0 radical (unpaired) electrons. The minimum atomic E-state index is -0.496. The lowest BCUT2D eigenvalue weighted by molar-refractivity contribution is 0.0642. The third-order valence-corrected chi connectivity index (χ3v) is 5.13. The number of benzene rings is 2. The molecule has 3 amide bonds. The molecule has 7 heteroatoms. The summed E-state index contributed by atoms with van der Waals surface area (Å²) in [5.41, 5.74) is 7.42. The number of amides is 3. The van der Waals surface area contributed by atoms with Gasteiger partial charge in [0.15, 0.2) is 0 Å². The van der Waals surface area contributed by atoms with Crippen LogP contribution in [0.1, 0.15) is 63.8 Å². The summed E-state index contributed by atoms with van der Waals surface area (Å²) >= 11 is 0. The standard InChI is InChI=1S/C23H27N3O3.ClH/c1-15(2)12-23(3,14-24)25-20(27)17-8-6-7-16(11-17)13-26-21(28)18-9-4-5-10-19(18)22(26)29;/h4-11,15H,12-14,24H2,1-3H3,(H,25,27);1H. The molecule has 2 aromatic rings. The molecule has 6 nitrogen and oxygen atoms in total. The molecule has 0 aromatic heterocycles. The molecule has 1 unspecified atom stereocenters. The third kappa shape index (κ3) is 4.89. The zero-order valence-corrected chi connectivity index (χ0v) is 18.3. The van der Waals surface area contributed by atoms with Gasteiger partial charge in [0.2, 0.25) is 0 Å². The Balaban J connectivity index is 0.00000320. The van der Waals surface area contributed by atoms with Crippen LogP contribution in [-0.4, -0.2) is 34.7 Å². The summed E-state index contributed by atoms with van der Waals surface area (Å²) < 4.78 is 0. The molecule has 3 rings (SSSR count). The molecular weight excluding hydrogens is 402 g/mol. The van der Waals surface area contributed by atoms with E-state index in [-0.39, 0.29) is 36.7 Å². The number of hydrogen-bond acceptors (Lipinski definition) is 4. The van der Waals surface area contributed by atoms with Crippen LogP contribution in [0.2, 0.25) is 0 Å². The molecule has 1 heterocycles. The van der Waals surface area contributed by atoms with Crippen LogP contribution in [0.4, 0.5) is 0 Å². The van der Waals surface area contributed by atoms with Gasteiger partial charge in [-0.05, 0) is 49.1 Å². The van der Waals surface area contributed by atoms with Crippen molar-refractivity contribution < 1.29 is 14.4 Å². The fraction of sp³-hybridized carbons (Fsp3) is 0.348. The smallest absolute Gasteiger partial charge is 0.261 e. The second-order valence-electron chi connectivity index (χ2n) is 8.26. The highest BCUT2D eigenvalue weighted by atomic mass is 35.5. The van der Waals surface area contributed by atoms with Gasteiger partial charge in [0.1, 0.15) is 0 Å². The molecule has 0 aliphatic carbocycles. The molecular formula is C23H28ClN3O3. The van der Waals surface area contributed by atoms with E-state index in [1.54, 1.807) is 48.5 Å². The van der Waals surface area contributed by atoms with Gasteiger partial charge in [-0.1, -0.05) is 38.1 Å². The maximum absolute atomic E-state index is 12.8. The Hall–Kier alpha value is -2.70. The van der Waals surface area contributed by atoms with E-state index in [1.165, 1.54) is 4.90 Å². The van der Waals surface area contributed by atoms with Crippen LogP contribution in [-0.2, 0) is 6.54 Å². The first-order valence-electron chi connectivity index (χ1n) is 9.81. The van der Waals surface area contributed by atoms with E-state index < -0.39 is 5.54 Å². The number of nitrogens with zero attached hydrogens (tertiary/aromatic N) is 1. The van der Waals surface area contributed by atoms with E-state index in [4.69, 9.17) is 5.73 Å². The molecule has 160 valence electrons. The lowest BCUT2D eigenvalue weighted by Crippen LogP contribution is -2.52. The molecule has 0 saturated carbocycles. The molecule has 0 saturated heterocycles. The van der Waals surface area contributed by atoms with Crippen LogP contribution in [0.3, 0.4) is 0 Å². The Morgan fingerprint density at radius 2 is 1.67 bits per heavy atom. The average Bonchev–Trinajstić information content (AvgIpc) is 2.93. The SMILES string of the molecule is CC(C)CC(C)(CN)NC(=O)c1cccc(CN2C(=O)c3ccccc3C2=O)c1.Cl. The van der Waals surface area contributed by atoms with E-state index in [2.05, 4.69) is 19.2 Å². The predicted octanol–water partition coefficient (Wildman–Crippen LogP) is 3.40.